The van der Waals surface area contributed by atoms with Gasteiger partial charge in [0.05, 0.1) is 11.7 Å². The van der Waals surface area contributed by atoms with E-state index in [0.717, 1.165) is 18.7 Å². The van der Waals surface area contributed by atoms with Gasteiger partial charge < -0.3 is 4.42 Å². The number of aromatic nitrogens is 2. The summed E-state index contributed by atoms with van der Waals surface area (Å²) in [7, 11) is 0. The molecule has 0 aliphatic rings. The Hall–Kier alpha value is -1.16. The summed E-state index contributed by atoms with van der Waals surface area (Å²) in [5.74, 6) is 0.795. The number of oxazole rings is 1. The first-order valence-corrected chi connectivity index (χ1v) is 4.59. The third-order valence-corrected chi connectivity index (χ3v) is 2.39. The maximum atomic E-state index is 5.10. The van der Waals surface area contributed by atoms with Gasteiger partial charge in [0.25, 0.3) is 0 Å². The molecule has 2 aromatic heterocycles. The van der Waals surface area contributed by atoms with Crippen molar-refractivity contribution in [2.75, 3.05) is 0 Å². The van der Waals surface area contributed by atoms with Crippen molar-refractivity contribution in [2.45, 2.75) is 12.8 Å². The summed E-state index contributed by atoms with van der Waals surface area (Å²) in [6.45, 7) is 0. The van der Waals surface area contributed by atoms with Crippen molar-refractivity contribution >= 4 is 11.3 Å². The Kier molecular flexibility index (Phi) is 2.18. The number of hydrogen-bond acceptors (Lipinski definition) is 4. The van der Waals surface area contributed by atoms with Crippen LogP contribution in [0, 0.1) is 0 Å². The van der Waals surface area contributed by atoms with Crippen molar-refractivity contribution in [3.05, 3.63) is 34.9 Å². The number of hydrogen-bond donors (Lipinski definition) is 0. The Morgan fingerprint density at radius 2 is 2.42 bits per heavy atom. The van der Waals surface area contributed by atoms with E-state index in [-0.39, 0.29) is 0 Å². The van der Waals surface area contributed by atoms with Crippen LogP contribution in [-0.2, 0) is 12.8 Å². The average Bonchev–Trinajstić information content (AvgIpc) is 2.74. The fraction of sp³-hybridized carbons (Fsp3) is 0.250. The molecule has 0 amide bonds. The summed E-state index contributed by atoms with van der Waals surface area (Å²) in [6.07, 6.45) is 6.97. The van der Waals surface area contributed by atoms with E-state index in [4.69, 9.17) is 4.42 Å². The highest BCUT2D eigenvalue weighted by Gasteiger charge is 1.99. The van der Waals surface area contributed by atoms with E-state index in [2.05, 4.69) is 9.97 Å². The second-order valence-corrected chi connectivity index (χ2v) is 3.36. The zero-order valence-corrected chi connectivity index (χ0v) is 7.25. The van der Waals surface area contributed by atoms with E-state index >= 15 is 0 Å². The van der Waals surface area contributed by atoms with Crippen LogP contribution in [0.3, 0.4) is 0 Å². The van der Waals surface area contributed by atoms with Crippen molar-refractivity contribution in [2.24, 2.45) is 0 Å². The molecular weight excluding hydrogens is 172 g/mol. The molecule has 62 valence electrons. The van der Waals surface area contributed by atoms with Gasteiger partial charge in [-0.1, -0.05) is 0 Å². The maximum absolute atomic E-state index is 5.10. The zero-order valence-electron chi connectivity index (χ0n) is 6.43. The first kappa shape index (κ1) is 7.49. The fourth-order valence-corrected chi connectivity index (χ4v) is 1.57. The lowest BCUT2D eigenvalue weighted by atomic mass is 10.3. The lowest BCUT2D eigenvalue weighted by Crippen LogP contribution is -1.87. The van der Waals surface area contributed by atoms with Gasteiger partial charge in [0.1, 0.15) is 6.26 Å². The Morgan fingerprint density at radius 1 is 1.42 bits per heavy atom. The van der Waals surface area contributed by atoms with Crippen molar-refractivity contribution in [3.63, 3.8) is 0 Å². The average molecular weight is 180 g/mol. The van der Waals surface area contributed by atoms with Crippen LogP contribution in [0.1, 0.15) is 10.8 Å². The van der Waals surface area contributed by atoms with Crippen LogP contribution < -0.4 is 0 Å². The lowest BCUT2D eigenvalue weighted by Gasteiger charge is -1.90. The minimum Gasteiger partial charge on any atom is -0.449 e. The number of thiazole rings is 1. The van der Waals surface area contributed by atoms with Gasteiger partial charge in [0.15, 0.2) is 5.89 Å². The molecule has 0 N–H and O–H groups in total. The van der Waals surface area contributed by atoms with Gasteiger partial charge >= 0.3 is 0 Å². The highest BCUT2D eigenvalue weighted by atomic mass is 32.1. The first-order valence-electron chi connectivity index (χ1n) is 3.71. The Bertz CT molecular complexity index is 280. The van der Waals surface area contributed by atoms with E-state index in [9.17, 15) is 0 Å². The van der Waals surface area contributed by atoms with Gasteiger partial charge in [-0.15, -0.1) is 11.3 Å². The molecule has 2 aromatic rings. The van der Waals surface area contributed by atoms with Crippen LogP contribution in [0.2, 0.25) is 0 Å². The zero-order chi connectivity index (χ0) is 8.23. The Morgan fingerprint density at radius 3 is 3.08 bits per heavy atom. The van der Waals surface area contributed by atoms with Crippen molar-refractivity contribution in [1.29, 1.82) is 0 Å². The van der Waals surface area contributed by atoms with Crippen LogP contribution in [0.4, 0.5) is 0 Å². The monoisotopic (exact) mass is 180 g/mol. The summed E-state index contributed by atoms with van der Waals surface area (Å²) in [5.41, 5.74) is 1.84. The summed E-state index contributed by atoms with van der Waals surface area (Å²) in [6, 6.07) is 0. The Labute approximate surface area is 74.1 Å². The van der Waals surface area contributed by atoms with E-state index < -0.39 is 0 Å². The van der Waals surface area contributed by atoms with Gasteiger partial charge in [0.2, 0.25) is 0 Å². The van der Waals surface area contributed by atoms with Crippen LogP contribution in [0.25, 0.3) is 0 Å². The van der Waals surface area contributed by atoms with Gasteiger partial charge in [-0.05, 0) is 6.42 Å². The fourth-order valence-electron chi connectivity index (χ4n) is 0.972. The predicted octanol–water partition coefficient (Wildman–Crippen LogP) is 1.92. The molecule has 0 aliphatic carbocycles. The molecule has 0 atom stereocenters. The van der Waals surface area contributed by atoms with Crippen LogP contribution in [-0.4, -0.2) is 9.97 Å². The second kappa shape index (κ2) is 3.49. The SMILES string of the molecule is c1coc(CCc2cncs2)n1. The first-order chi connectivity index (χ1) is 5.95. The lowest BCUT2D eigenvalue weighted by molar-refractivity contribution is 0.494. The molecule has 12 heavy (non-hydrogen) atoms. The molecule has 0 fully saturated rings. The predicted molar refractivity (Wildman–Crippen MR) is 46.0 cm³/mol. The number of rotatable bonds is 3. The summed E-state index contributed by atoms with van der Waals surface area (Å²) >= 11 is 1.66. The minimum atomic E-state index is 0.795. The molecular formula is C8H8N2OS. The second-order valence-electron chi connectivity index (χ2n) is 2.39. The summed E-state index contributed by atoms with van der Waals surface area (Å²) in [4.78, 5) is 9.29. The third kappa shape index (κ3) is 1.71. The van der Waals surface area contributed by atoms with E-state index in [1.807, 2.05) is 11.7 Å². The molecule has 4 heteroatoms. The molecule has 0 aromatic carbocycles. The maximum Gasteiger partial charge on any atom is 0.194 e. The highest BCUT2D eigenvalue weighted by Crippen LogP contribution is 2.09. The van der Waals surface area contributed by atoms with E-state index in [1.165, 1.54) is 4.88 Å². The molecule has 2 heterocycles. The highest BCUT2D eigenvalue weighted by molar-refractivity contribution is 7.09. The Balaban J connectivity index is 1.91. The number of nitrogens with zero attached hydrogens (tertiary/aromatic N) is 2. The number of aryl methyl sites for hydroxylation is 2. The molecule has 0 spiro atoms. The molecule has 0 saturated carbocycles. The van der Waals surface area contributed by atoms with Crippen molar-refractivity contribution in [1.82, 2.24) is 9.97 Å². The summed E-state index contributed by atoms with van der Waals surface area (Å²) in [5, 5.41) is 0. The van der Waals surface area contributed by atoms with Crippen LogP contribution in [0.15, 0.2) is 28.6 Å². The minimum absolute atomic E-state index is 0.795. The quantitative estimate of drug-likeness (QED) is 0.724. The molecule has 0 bridgehead atoms. The van der Waals surface area contributed by atoms with Crippen molar-refractivity contribution < 1.29 is 4.42 Å². The molecule has 2 rings (SSSR count). The topological polar surface area (TPSA) is 38.9 Å². The van der Waals surface area contributed by atoms with Gasteiger partial charge in [0, 0.05) is 17.5 Å². The molecule has 3 nitrogen and oxygen atoms in total. The van der Waals surface area contributed by atoms with Crippen LogP contribution >= 0.6 is 11.3 Å². The largest absolute Gasteiger partial charge is 0.449 e. The molecule has 0 radical (unpaired) electrons. The van der Waals surface area contributed by atoms with Crippen LogP contribution in [0.5, 0.6) is 0 Å². The smallest absolute Gasteiger partial charge is 0.194 e. The summed E-state index contributed by atoms with van der Waals surface area (Å²) < 4.78 is 5.10. The van der Waals surface area contributed by atoms with Gasteiger partial charge in [-0.2, -0.15) is 0 Å². The standard InChI is InChI=1S/C8H8N2OS/c1(7-5-9-6-12-7)2-8-10-3-4-11-8/h3-6H,1-2H2. The van der Waals surface area contributed by atoms with E-state index in [0.29, 0.717) is 0 Å². The normalized spacial score (nSPS) is 10.3. The van der Waals surface area contributed by atoms with Crippen molar-refractivity contribution in [3.8, 4) is 0 Å². The molecule has 0 saturated heterocycles. The molecule has 0 unspecified atom stereocenters. The third-order valence-electron chi connectivity index (χ3n) is 1.55. The molecule has 0 aliphatic heterocycles. The van der Waals surface area contributed by atoms with E-state index in [1.54, 1.807) is 23.8 Å². The van der Waals surface area contributed by atoms with Gasteiger partial charge in [-0.25, -0.2) is 4.98 Å². The van der Waals surface area contributed by atoms with Gasteiger partial charge in [-0.3, -0.25) is 4.98 Å².